The first-order valence-electron chi connectivity index (χ1n) is 3.25. The normalized spacial score (nSPS) is 11.8. The first kappa shape index (κ1) is 11.4. The molecule has 0 aromatic carbocycles. The number of aliphatic hydroxyl groups excluding tert-OH is 1. The van der Waals surface area contributed by atoms with Crippen LogP contribution in [0.25, 0.3) is 0 Å². The lowest BCUT2D eigenvalue weighted by molar-refractivity contribution is -0.762. The number of rotatable bonds is 7. The summed E-state index contributed by atoms with van der Waals surface area (Å²) in [6, 6.07) is 0. The monoisotopic (exact) mass is 196 g/mol. The van der Waals surface area contributed by atoms with E-state index in [1.165, 1.54) is 0 Å². The average molecular weight is 196 g/mol. The molecule has 0 rings (SSSR count). The van der Waals surface area contributed by atoms with Crippen molar-refractivity contribution < 1.29 is 25.0 Å². The van der Waals surface area contributed by atoms with Crippen LogP contribution >= 0.6 is 0 Å². The van der Waals surface area contributed by atoms with E-state index in [9.17, 15) is 20.2 Å². The maximum Gasteiger partial charge on any atom is 0.294 e. The standard InChI is InChI=1S/C4H8N2O7/c7-4(3-13-6(10)11)1-2-12-5(8)9/h4,7H,1-3H2. The van der Waals surface area contributed by atoms with Crippen molar-refractivity contribution in [1.29, 1.82) is 0 Å². The largest absolute Gasteiger partial charge is 0.391 e. The second-order valence-corrected chi connectivity index (χ2v) is 2.02. The Hall–Kier alpha value is -1.64. The predicted molar refractivity (Wildman–Crippen MR) is 36.5 cm³/mol. The van der Waals surface area contributed by atoms with Crippen LogP contribution in [0.15, 0.2) is 0 Å². The Bertz CT molecular complexity index is 183. The van der Waals surface area contributed by atoms with Crippen LogP contribution in [0.1, 0.15) is 6.42 Å². The highest BCUT2D eigenvalue weighted by atomic mass is 17.0. The van der Waals surface area contributed by atoms with Gasteiger partial charge in [-0.1, -0.05) is 0 Å². The van der Waals surface area contributed by atoms with Crippen LogP contribution in [-0.2, 0) is 9.68 Å². The van der Waals surface area contributed by atoms with E-state index in [0.717, 1.165) is 0 Å². The predicted octanol–water partition coefficient (Wildman–Crippen LogP) is -0.846. The van der Waals surface area contributed by atoms with E-state index >= 15 is 0 Å². The third kappa shape index (κ3) is 8.26. The van der Waals surface area contributed by atoms with Crippen LogP contribution in [0.5, 0.6) is 0 Å². The van der Waals surface area contributed by atoms with Crippen LogP contribution < -0.4 is 0 Å². The third-order valence-electron chi connectivity index (χ3n) is 1.02. The lowest BCUT2D eigenvalue weighted by atomic mass is 10.3. The fourth-order valence-corrected chi connectivity index (χ4v) is 0.494. The lowest BCUT2D eigenvalue weighted by Gasteiger charge is -2.07. The maximum atomic E-state index is 9.62. The van der Waals surface area contributed by atoms with Gasteiger partial charge < -0.3 is 14.8 Å². The zero-order chi connectivity index (χ0) is 10.3. The summed E-state index contributed by atoms with van der Waals surface area (Å²) in [6.45, 7) is -0.844. The Morgan fingerprint density at radius 2 is 1.77 bits per heavy atom. The molecule has 1 unspecified atom stereocenters. The van der Waals surface area contributed by atoms with Crippen LogP contribution in [0.2, 0.25) is 0 Å². The van der Waals surface area contributed by atoms with Gasteiger partial charge in [0.05, 0.1) is 12.7 Å². The summed E-state index contributed by atoms with van der Waals surface area (Å²) in [5, 5.41) is 26.0. The number of aliphatic hydroxyl groups is 1. The molecule has 0 radical (unpaired) electrons. The molecule has 1 atom stereocenters. The molecule has 0 fully saturated rings. The van der Waals surface area contributed by atoms with Gasteiger partial charge in [-0.2, -0.15) is 0 Å². The van der Waals surface area contributed by atoms with Gasteiger partial charge in [0.2, 0.25) is 0 Å². The fourth-order valence-electron chi connectivity index (χ4n) is 0.494. The molecule has 0 aliphatic carbocycles. The first-order valence-corrected chi connectivity index (χ1v) is 3.25. The van der Waals surface area contributed by atoms with Gasteiger partial charge in [-0.15, -0.1) is 20.2 Å². The second kappa shape index (κ2) is 5.94. The van der Waals surface area contributed by atoms with Crippen molar-refractivity contribution in [3.05, 3.63) is 20.2 Å². The van der Waals surface area contributed by atoms with Gasteiger partial charge in [0.25, 0.3) is 10.2 Å². The molecule has 0 heterocycles. The topological polar surface area (TPSA) is 125 Å². The van der Waals surface area contributed by atoms with Crippen LogP contribution in [-0.4, -0.2) is 34.6 Å². The molecule has 0 aliphatic rings. The fraction of sp³-hybridized carbons (Fsp3) is 1.00. The molecule has 13 heavy (non-hydrogen) atoms. The number of hydrogen-bond acceptors (Lipinski definition) is 7. The zero-order valence-corrected chi connectivity index (χ0v) is 6.49. The highest BCUT2D eigenvalue weighted by molar-refractivity contribution is 4.50. The van der Waals surface area contributed by atoms with Gasteiger partial charge in [-0.25, -0.2) is 0 Å². The smallest absolute Gasteiger partial charge is 0.294 e. The van der Waals surface area contributed by atoms with Gasteiger partial charge in [0, 0.05) is 0 Å². The highest BCUT2D eigenvalue weighted by Crippen LogP contribution is 1.93. The van der Waals surface area contributed by atoms with Gasteiger partial charge in [-0.3, -0.25) is 0 Å². The van der Waals surface area contributed by atoms with E-state index in [1.54, 1.807) is 0 Å². The highest BCUT2D eigenvalue weighted by Gasteiger charge is 2.07. The van der Waals surface area contributed by atoms with Gasteiger partial charge in [0.15, 0.2) is 0 Å². The summed E-state index contributed by atoms with van der Waals surface area (Å²) in [6.07, 6.45) is -1.25. The number of nitrogens with zero attached hydrogens (tertiary/aromatic N) is 2. The van der Waals surface area contributed by atoms with E-state index in [-0.39, 0.29) is 13.0 Å². The summed E-state index contributed by atoms with van der Waals surface area (Å²) in [5.41, 5.74) is 0. The van der Waals surface area contributed by atoms with Crippen molar-refractivity contribution in [3.8, 4) is 0 Å². The van der Waals surface area contributed by atoms with Crippen molar-refractivity contribution >= 4 is 0 Å². The van der Waals surface area contributed by atoms with Gasteiger partial charge in [0.1, 0.15) is 6.61 Å². The van der Waals surface area contributed by atoms with Crippen molar-refractivity contribution in [2.45, 2.75) is 12.5 Å². The molecule has 0 saturated carbocycles. The maximum absolute atomic E-state index is 9.62. The Kier molecular flexibility index (Phi) is 5.19. The van der Waals surface area contributed by atoms with Crippen molar-refractivity contribution in [3.63, 3.8) is 0 Å². The van der Waals surface area contributed by atoms with Gasteiger partial charge >= 0.3 is 0 Å². The second-order valence-electron chi connectivity index (χ2n) is 2.02. The summed E-state index contributed by atoms with van der Waals surface area (Å²) in [4.78, 5) is 26.9. The Labute approximate surface area is 72.1 Å². The Morgan fingerprint density at radius 1 is 1.23 bits per heavy atom. The molecular weight excluding hydrogens is 188 g/mol. The van der Waals surface area contributed by atoms with Gasteiger partial charge in [-0.05, 0) is 6.42 Å². The quantitative estimate of drug-likeness (QED) is 0.415. The SMILES string of the molecule is O=[N+]([O-])OCCC(O)CO[N+](=O)[O-]. The number of hydrogen-bond donors (Lipinski definition) is 1. The molecule has 0 aromatic rings. The van der Waals surface area contributed by atoms with Crippen molar-refractivity contribution in [2.75, 3.05) is 13.2 Å². The molecule has 1 N–H and O–H groups in total. The minimum absolute atomic E-state index is 0.102. The molecule has 9 nitrogen and oxygen atoms in total. The van der Waals surface area contributed by atoms with Crippen LogP contribution in [0.3, 0.4) is 0 Å². The molecule has 0 spiro atoms. The summed E-state index contributed by atoms with van der Waals surface area (Å²) < 4.78 is 0. The summed E-state index contributed by atoms with van der Waals surface area (Å²) in [7, 11) is 0. The molecule has 0 aliphatic heterocycles. The van der Waals surface area contributed by atoms with E-state index in [4.69, 9.17) is 5.11 Å². The van der Waals surface area contributed by atoms with E-state index in [0.29, 0.717) is 0 Å². The molecule has 0 amide bonds. The Balaban J connectivity index is 3.35. The van der Waals surface area contributed by atoms with Crippen molar-refractivity contribution in [2.24, 2.45) is 0 Å². The summed E-state index contributed by atoms with van der Waals surface area (Å²) >= 11 is 0. The molecular formula is C4H8N2O7. The van der Waals surface area contributed by atoms with E-state index in [2.05, 4.69) is 9.68 Å². The van der Waals surface area contributed by atoms with Crippen LogP contribution in [0, 0.1) is 20.2 Å². The zero-order valence-electron chi connectivity index (χ0n) is 6.49. The minimum atomic E-state index is -1.15. The average Bonchev–Trinajstić information content (AvgIpc) is 2.00. The molecule has 76 valence electrons. The van der Waals surface area contributed by atoms with E-state index < -0.39 is 22.9 Å². The minimum Gasteiger partial charge on any atom is -0.391 e. The lowest BCUT2D eigenvalue weighted by Crippen LogP contribution is -2.20. The third-order valence-corrected chi connectivity index (χ3v) is 1.02. The molecule has 0 aromatic heterocycles. The molecule has 0 saturated heterocycles. The van der Waals surface area contributed by atoms with Crippen molar-refractivity contribution in [1.82, 2.24) is 0 Å². The molecule has 9 heteroatoms. The Morgan fingerprint density at radius 3 is 2.23 bits per heavy atom. The molecule has 0 bridgehead atoms. The summed E-state index contributed by atoms with van der Waals surface area (Å²) in [5.74, 6) is 0. The van der Waals surface area contributed by atoms with E-state index in [1.807, 2.05) is 0 Å². The first-order chi connectivity index (χ1) is 6.02. The van der Waals surface area contributed by atoms with Crippen LogP contribution in [0.4, 0.5) is 0 Å².